The molecule has 122 valence electrons. The molecule has 0 aromatic heterocycles. The quantitative estimate of drug-likeness (QED) is 0.353. The van der Waals surface area contributed by atoms with Crippen molar-refractivity contribution in [2.75, 3.05) is 13.1 Å². The van der Waals surface area contributed by atoms with E-state index in [1.54, 1.807) is 20.8 Å². The van der Waals surface area contributed by atoms with Crippen LogP contribution in [0.15, 0.2) is 0 Å². The maximum atomic E-state index is 11.7. The monoisotopic (exact) mass is 303 g/mol. The van der Waals surface area contributed by atoms with Crippen molar-refractivity contribution in [1.82, 2.24) is 10.6 Å². The Morgan fingerprint density at radius 3 is 2.48 bits per heavy atom. The largest absolute Gasteiger partial charge is 0.460 e. The maximum absolute atomic E-state index is 11.7. The highest BCUT2D eigenvalue weighted by atomic mass is 16.6. The molecule has 1 saturated heterocycles. The lowest BCUT2D eigenvalue weighted by atomic mass is 10.1. The van der Waals surface area contributed by atoms with Gasteiger partial charge in [0, 0.05) is 19.1 Å². The Morgan fingerprint density at radius 1 is 1.43 bits per heavy atom. The molecule has 8 nitrogen and oxygen atoms in total. The second-order valence-electron chi connectivity index (χ2n) is 6.23. The van der Waals surface area contributed by atoms with Gasteiger partial charge in [-0.25, -0.2) is 0 Å². The fourth-order valence-corrected chi connectivity index (χ4v) is 2.07. The van der Waals surface area contributed by atoms with Crippen LogP contribution in [0.4, 0.5) is 0 Å². The standard InChI is InChI=1S/C13H25N3O5/c1-13(2,3)21-10(18)4-7(12(14)20)15-5-8-11(19)9(17)6-16-8/h7-9,11,15-17,19H,4-6H2,1-3H3,(H2,14,20)/t7-,8+,9+,11+/m0/s1. The number of rotatable bonds is 6. The molecule has 8 heteroatoms. The van der Waals surface area contributed by atoms with Crippen LogP contribution in [0.1, 0.15) is 27.2 Å². The van der Waals surface area contributed by atoms with E-state index in [2.05, 4.69) is 10.6 Å². The van der Waals surface area contributed by atoms with Gasteiger partial charge >= 0.3 is 5.97 Å². The molecule has 6 N–H and O–H groups in total. The van der Waals surface area contributed by atoms with Crippen molar-refractivity contribution < 1.29 is 24.5 Å². The van der Waals surface area contributed by atoms with Crippen molar-refractivity contribution in [3.8, 4) is 0 Å². The molecule has 0 bridgehead atoms. The summed E-state index contributed by atoms with van der Waals surface area (Å²) in [7, 11) is 0. The van der Waals surface area contributed by atoms with E-state index in [1.165, 1.54) is 0 Å². The Labute approximate surface area is 124 Å². The maximum Gasteiger partial charge on any atom is 0.308 e. The average Bonchev–Trinajstić information content (AvgIpc) is 2.63. The molecule has 1 fully saturated rings. The molecular formula is C13H25N3O5. The van der Waals surface area contributed by atoms with Crippen LogP contribution in [-0.4, -0.2) is 65.1 Å². The summed E-state index contributed by atoms with van der Waals surface area (Å²) in [5, 5.41) is 24.8. The number of amides is 1. The first-order chi connectivity index (χ1) is 9.60. The fourth-order valence-electron chi connectivity index (χ4n) is 2.07. The number of β-amino-alcohol motifs (C(OH)–C–C–N with tert-alkyl or cyclic N) is 1. The summed E-state index contributed by atoms with van der Waals surface area (Å²) in [5.74, 6) is -1.20. The number of carbonyl (C=O) groups excluding carboxylic acids is 2. The van der Waals surface area contributed by atoms with Crippen LogP contribution in [0.3, 0.4) is 0 Å². The van der Waals surface area contributed by atoms with Crippen LogP contribution in [-0.2, 0) is 14.3 Å². The highest BCUT2D eigenvalue weighted by Gasteiger charge is 2.33. The Kier molecular flexibility index (Phi) is 6.09. The SMILES string of the molecule is CC(C)(C)OC(=O)C[C@H](NC[C@H]1NC[C@@H](O)[C@@H]1O)C(N)=O. The Bertz CT molecular complexity index is 382. The van der Waals surface area contributed by atoms with E-state index in [4.69, 9.17) is 10.5 Å². The normalized spacial score (nSPS) is 27.4. The van der Waals surface area contributed by atoms with Crippen molar-refractivity contribution >= 4 is 11.9 Å². The van der Waals surface area contributed by atoms with Gasteiger partial charge in [0.25, 0.3) is 0 Å². The number of carbonyl (C=O) groups is 2. The Morgan fingerprint density at radius 2 is 2.05 bits per heavy atom. The first-order valence-corrected chi connectivity index (χ1v) is 6.94. The molecular weight excluding hydrogens is 278 g/mol. The molecule has 0 saturated carbocycles. The van der Waals surface area contributed by atoms with Gasteiger partial charge in [0.2, 0.25) is 5.91 Å². The molecule has 0 radical (unpaired) electrons. The van der Waals surface area contributed by atoms with Crippen molar-refractivity contribution in [3.05, 3.63) is 0 Å². The summed E-state index contributed by atoms with van der Waals surface area (Å²) in [6, 6.07) is -1.29. The van der Waals surface area contributed by atoms with Gasteiger partial charge in [-0.05, 0) is 20.8 Å². The fraction of sp³-hybridized carbons (Fsp3) is 0.846. The lowest BCUT2D eigenvalue weighted by Crippen LogP contribution is -2.50. The first kappa shape index (κ1) is 17.8. The minimum Gasteiger partial charge on any atom is -0.460 e. The number of aliphatic hydroxyl groups is 2. The average molecular weight is 303 g/mol. The van der Waals surface area contributed by atoms with E-state index in [1.807, 2.05) is 0 Å². The number of hydrogen-bond donors (Lipinski definition) is 5. The lowest BCUT2D eigenvalue weighted by molar-refractivity contribution is -0.156. The topological polar surface area (TPSA) is 134 Å². The predicted octanol–water partition coefficient (Wildman–Crippen LogP) is -2.14. The van der Waals surface area contributed by atoms with E-state index >= 15 is 0 Å². The molecule has 1 aliphatic heterocycles. The second-order valence-corrected chi connectivity index (χ2v) is 6.23. The number of aliphatic hydroxyl groups excluding tert-OH is 2. The highest BCUT2D eigenvalue weighted by molar-refractivity contribution is 5.85. The molecule has 0 aliphatic carbocycles. The minimum absolute atomic E-state index is 0.183. The number of nitrogens with two attached hydrogens (primary N) is 1. The summed E-state index contributed by atoms with van der Waals surface area (Å²) in [5.41, 5.74) is 4.62. The zero-order valence-electron chi connectivity index (χ0n) is 12.6. The predicted molar refractivity (Wildman–Crippen MR) is 75.3 cm³/mol. The minimum atomic E-state index is -0.924. The van der Waals surface area contributed by atoms with Gasteiger partial charge in [0.1, 0.15) is 5.60 Å². The molecule has 0 spiro atoms. The molecule has 21 heavy (non-hydrogen) atoms. The summed E-state index contributed by atoms with van der Waals surface area (Å²) >= 11 is 0. The van der Waals surface area contributed by atoms with Gasteiger partial charge in [-0.2, -0.15) is 0 Å². The van der Waals surface area contributed by atoms with E-state index in [-0.39, 0.29) is 19.5 Å². The molecule has 1 heterocycles. The van der Waals surface area contributed by atoms with E-state index in [9.17, 15) is 19.8 Å². The zero-order chi connectivity index (χ0) is 16.2. The third kappa shape index (κ3) is 5.96. The van der Waals surface area contributed by atoms with Gasteiger partial charge in [-0.15, -0.1) is 0 Å². The van der Waals surface area contributed by atoms with E-state index in [0.717, 1.165) is 0 Å². The Balaban J connectivity index is 2.47. The van der Waals surface area contributed by atoms with Gasteiger partial charge in [0.15, 0.2) is 0 Å². The van der Waals surface area contributed by atoms with E-state index < -0.39 is 41.8 Å². The summed E-state index contributed by atoms with van der Waals surface area (Å²) < 4.78 is 5.14. The molecule has 1 aliphatic rings. The zero-order valence-corrected chi connectivity index (χ0v) is 12.6. The van der Waals surface area contributed by atoms with Crippen LogP contribution in [0.2, 0.25) is 0 Å². The summed E-state index contributed by atoms with van der Waals surface area (Å²) in [4.78, 5) is 23.1. The summed E-state index contributed by atoms with van der Waals surface area (Å²) in [6.07, 6.45) is -1.94. The third-order valence-electron chi connectivity index (χ3n) is 3.11. The van der Waals surface area contributed by atoms with E-state index in [0.29, 0.717) is 0 Å². The smallest absolute Gasteiger partial charge is 0.308 e. The first-order valence-electron chi connectivity index (χ1n) is 6.94. The lowest BCUT2D eigenvalue weighted by Gasteiger charge is -2.23. The molecule has 0 aromatic rings. The number of esters is 1. The van der Waals surface area contributed by atoms with Crippen molar-refractivity contribution in [3.63, 3.8) is 0 Å². The Hall–Kier alpha value is -1.22. The van der Waals surface area contributed by atoms with Crippen molar-refractivity contribution in [2.24, 2.45) is 5.73 Å². The summed E-state index contributed by atoms with van der Waals surface area (Å²) in [6.45, 7) is 5.68. The van der Waals surface area contributed by atoms with Gasteiger partial charge in [-0.3, -0.25) is 9.59 Å². The van der Waals surface area contributed by atoms with Crippen LogP contribution >= 0.6 is 0 Å². The molecule has 4 atom stereocenters. The molecule has 0 unspecified atom stereocenters. The van der Waals surface area contributed by atoms with Gasteiger partial charge < -0.3 is 31.3 Å². The molecule has 0 aromatic carbocycles. The van der Waals surface area contributed by atoms with Crippen LogP contribution < -0.4 is 16.4 Å². The van der Waals surface area contributed by atoms with Crippen molar-refractivity contribution in [2.45, 2.75) is 57.1 Å². The van der Waals surface area contributed by atoms with Gasteiger partial charge in [0.05, 0.1) is 24.7 Å². The molecule has 1 amide bonds. The second kappa shape index (κ2) is 7.17. The van der Waals surface area contributed by atoms with Gasteiger partial charge in [-0.1, -0.05) is 0 Å². The third-order valence-corrected chi connectivity index (χ3v) is 3.11. The van der Waals surface area contributed by atoms with Crippen LogP contribution in [0.5, 0.6) is 0 Å². The van der Waals surface area contributed by atoms with Crippen LogP contribution in [0.25, 0.3) is 0 Å². The number of nitrogens with one attached hydrogen (secondary N) is 2. The highest BCUT2D eigenvalue weighted by Crippen LogP contribution is 2.10. The van der Waals surface area contributed by atoms with Crippen LogP contribution in [0, 0.1) is 0 Å². The van der Waals surface area contributed by atoms with Crippen molar-refractivity contribution in [1.29, 1.82) is 0 Å². The number of ether oxygens (including phenoxy) is 1. The number of hydrogen-bond acceptors (Lipinski definition) is 7. The molecule has 1 rings (SSSR count). The number of primary amides is 1.